The first kappa shape index (κ1) is 93.7. The average Bonchev–Trinajstić information content (AvgIpc) is 0.790. The number of aliphatic hydroxyl groups excluding tert-OH is 6. The Balaban J connectivity index is 2.29. The first-order valence-electron chi connectivity index (χ1n) is 40.7. The maximum absolute atomic E-state index is 14.2. The summed E-state index contributed by atoms with van der Waals surface area (Å²) in [5.74, 6) is -1.55. The summed E-state index contributed by atoms with van der Waals surface area (Å²) in [7, 11) is -5.52. The first-order chi connectivity index (χ1) is 48.1. The third-order valence-corrected chi connectivity index (χ3v) is 20.4. The fourth-order valence-corrected chi connectivity index (χ4v) is 14.2. The topological polar surface area (TPSA) is 327 Å². The van der Waals surface area contributed by atoms with E-state index in [0.29, 0.717) is 43.9 Å². The molecule has 2 fully saturated rings. The van der Waals surface area contributed by atoms with E-state index in [9.17, 15) is 64.2 Å². The largest absolute Gasteiger partial charge is 0.472 e. The Labute approximate surface area is 605 Å². The number of esters is 2. The summed E-state index contributed by atoms with van der Waals surface area (Å²) in [6, 6.07) is -3.38. The van der Waals surface area contributed by atoms with Gasteiger partial charge in [-0.25, -0.2) is 4.57 Å². The fourth-order valence-electron chi connectivity index (χ4n) is 13.8. The first-order valence-corrected chi connectivity index (χ1v) is 42.3. The molecule has 2 heterocycles. The van der Waals surface area contributed by atoms with Crippen LogP contribution in [0.4, 0.5) is 0 Å². The van der Waals surface area contributed by atoms with E-state index in [4.69, 9.17) is 28.2 Å². The lowest BCUT2D eigenvalue weighted by atomic mass is 9.95. The molecule has 100 heavy (non-hydrogen) atoms. The second-order valence-electron chi connectivity index (χ2n) is 30.5. The van der Waals surface area contributed by atoms with Crippen molar-refractivity contribution in [2.75, 3.05) is 13.2 Å². The van der Waals surface area contributed by atoms with Gasteiger partial charge in [-0.1, -0.05) is 311 Å². The van der Waals surface area contributed by atoms with Crippen molar-refractivity contribution in [1.29, 1.82) is 0 Å². The molecule has 22 heteroatoms. The maximum Gasteiger partial charge on any atom is 0.472 e. The highest BCUT2D eigenvalue weighted by atomic mass is 31.2. The Morgan fingerprint density at radius 1 is 0.430 bits per heavy atom. The van der Waals surface area contributed by atoms with Gasteiger partial charge in [-0.05, 0) is 43.9 Å². The molecule has 0 radical (unpaired) electrons. The van der Waals surface area contributed by atoms with Crippen molar-refractivity contribution in [2.24, 2.45) is 11.8 Å². The van der Waals surface area contributed by atoms with Gasteiger partial charge in [0.1, 0.15) is 48.7 Å². The third-order valence-electron chi connectivity index (χ3n) is 19.9. The van der Waals surface area contributed by atoms with Gasteiger partial charge in [0, 0.05) is 6.42 Å². The number of rotatable bonds is 66. The molecule has 0 unspecified atom stereocenters. The number of hydrogen-bond acceptors (Lipinski definition) is 17. The van der Waals surface area contributed by atoms with E-state index in [1.165, 1.54) is 161 Å². The van der Waals surface area contributed by atoms with Crippen LogP contribution in [0.15, 0.2) is 0 Å². The normalized spacial score (nSPS) is 22.1. The molecule has 0 aromatic heterocycles. The van der Waals surface area contributed by atoms with Crippen molar-refractivity contribution >= 4 is 31.6 Å². The number of unbranched alkanes of at least 4 members (excludes halogenated alkanes) is 38. The molecule has 2 amide bonds. The molecule has 0 aliphatic carbocycles. The average molecular weight is 1450 g/mol. The minimum absolute atomic E-state index is 0.193. The zero-order valence-corrected chi connectivity index (χ0v) is 64.5. The van der Waals surface area contributed by atoms with Gasteiger partial charge in [0.15, 0.2) is 18.7 Å². The number of hydrogen-bond donors (Lipinski definition) is 10. The smallest absolute Gasteiger partial charge is 0.462 e. The van der Waals surface area contributed by atoms with Crippen LogP contribution in [0.3, 0.4) is 0 Å². The second kappa shape index (κ2) is 59.7. The molecule has 0 bridgehead atoms. The molecule has 2 rings (SSSR count). The Morgan fingerprint density at radius 3 is 1.22 bits per heavy atom. The molecular weight excluding hydrogens is 1300 g/mol. The standard InChI is InChI=1S/C78H149N2O19P/c1-7-9-11-13-15-17-19-20-22-30-36-42-48-54-69(86)95-64(53-47-41-35-29-24-26-32-38-44-50-61(5)6)57-68(85)79-71-75(90)73(88)65(58-81)96-77(71)94-59-66-74(89)76(98-70(87)56-63(83)52-46-40-34-27-21-18-16-14-12-10-8-2)72(78(97-66)99-100(91,92)93)80-67(84)55-62(82)51-45-39-33-28-23-25-31-37-43-49-60(3)4/h60-66,71-78,81-83,88-90H,7-59H2,1-6H3,(H,79,85)(H,80,84)(H2,91,92,93)/t62-,63-,64-,65-,66-,71+,72+,73-,74-,75-,76-,77-,78+/m1/s1. The number of ether oxygens (including phenoxy) is 5. The summed E-state index contributed by atoms with van der Waals surface area (Å²) in [6.45, 7) is 11.8. The lowest BCUT2D eigenvalue weighted by Crippen LogP contribution is -2.67. The number of phosphoric acid groups is 1. The Hall–Kier alpha value is -2.37. The van der Waals surface area contributed by atoms with Crippen molar-refractivity contribution in [3.05, 3.63) is 0 Å². The molecule has 0 aromatic carbocycles. The van der Waals surface area contributed by atoms with Gasteiger partial charge in [0.25, 0.3) is 0 Å². The molecule has 13 atom stereocenters. The lowest BCUT2D eigenvalue weighted by Gasteiger charge is -2.45. The van der Waals surface area contributed by atoms with Crippen LogP contribution in [0, 0.1) is 11.8 Å². The Kier molecular flexibility index (Phi) is 56.0. The lowest BCUT2D eigenvalue weighted by molar-refractivity contribution is -0.297. The summed E-state index contributed by atoms with van der Waals surface area (Å²) >= 11 is 0. The number of carbonyl (C=O) groups excluding carboxylic acids is 4. The van der Waals surface area contributed by atoms with Crippen LogP contribution in [0.1, 0.15) is 369 Å². The summed E-state index contributed by atoms with van der Waals surface area (Å²) in [5.41, 5.74) is 0. The van der Waals surface area contributed by atoms with Gasteiger partial charge in [-0.2, -0.15) is 0 Å². The zero-order valence-electron chi connectivity index (χ0n) is 63.7. The van der Waals surface area contributed by atoms with Gasteiger partial charge >= 0.3 is 19.8 Å². The van der Waals surface area contributed by atoms with Crippen LogP contribution in [0.5, 0.6) is 0 Å². The molecule has 590 valence electrons. The molecule has 0 aromatic rings. The van der Waals surface area contributed by atoms with Gasteiger partial charge < -0.3 is 74.7 Å². The van der Waals surface area contributed by atoms with Crippen molar-refractivity contribution in [1.82, 2.24) is 10.6 Å². The third kappa shape index (κ3) is 48.0. The van der Waals surface area contributed by atoms with Crippen LogP contribution in [0.2, 0.25) is 0 Å². The number of nitrogens with one attached hydrogen (secondary N) is 2. The fraction of sp³-hybridized carbons (Fsp3) is 0.949. The van der Waals surface area contributed by atoms with E-state index >= 15 is 0 Å². The van der Waals surface area contributed by atoms with Crippen LogP contribution in [0.25, 0.3) is 0 Å². The molecule has 0 saturated carbocycles. The molecule has 2 saturated heterocycles. The van der Waals surface area contributed by atoms with Gasteiger partial charge in [-0.3, -0.25) is 23.7 Å². The van der Waals surface area contributed by atoms with Gasteiger partial charge in [-0.15, -0.1) is 0 Å². The minimum Gasteiger partial charge on any atom is -0.462 e. The number of phosphoric ester groups is 1. The summed E-state index contributed by atoms with van der Waals surface area (Å²) in [4.78, 5) is 75.7. The Bertz CT molecular complexity index is 2060. The molecule has 21 nitrogen and oxygen atoms in total. The van der Waals surface area contributed by atoms with E-state index in [-0.39, 0.29) is 25.7 Å². The number of aliphatic hydroxyl groups is 6. The van der Waals surface area contributed by atoms with Crippen molar-refractivity contribution < 1.29 is 92.4 Å². The molecule has 10 N–H and O–H groups in total. The van der Waals surface area contributed by atoms with Crippen molar-refractivity contribution in [3.63, 3.8) is 0 Å². The number of amides is 2. The summed E-state index contributed by atoms with van der Waals surface area (Å²) < 4.78 is 47.6. The molecular formula is C78H149N2O19P. The predicted octanol–water partition coefficient (Wildman–Crippen LogP) is 15.4. The van der Waals surface area contributed by atoms with Gasteiger partial charge in [0.2, 0.25) is 11.8 Å². The monoisotopic (exact) mass is 1450 g/mol. The molecule has 2 aliphatic rings. The predicted molar refractivity (Wildman–Crippen MR) is 394 cm³/mol. The second-order valence-corrected chi connectivity index (χ2v) is 31.7. The van der Waals surface area contributed by atoms with Crippen molar-refractivity contribution in [3.8, 4) is 0 Å². The summed E-state index contributed by atoms with van der Waals surface area (Å²) in [5, 5.41) is 72.5. The van der Waals surface area contributed by atoms with E-state index in [2.05, 4.69) is 52.2 Å². The van der Waals surface area contributed by atoms with Crippen LogP contribution >= 0.6 is 7.82 Å². The quantitative estimate of drug-likeness (QED) is 0.0154. The summed E-state index contributed by atoms with van der Waals surface area (Å²) in [6.07, 6.45) is 30.8. The highest BCUT2D eigenvalue weighted by molar-refractivity contribution is 7.46. The highest BCUT2D eigenvalue weighted by Crippen LogP contribution is 2.42. The van der Waals surface area contributed by atoms with Crippen molar-refractivity contribution in [2.45, 2.75) is 449 Å². The van der Waals surface area contributed by atoms with Gasteiger partial charge in [0.05, 0.1) is 44.7 Å². The van der Waals surface area contributed by atoms with E-state index in [1.807, 2.05) is 0 Å². The SMILES string of the molecule is CCCCCCCCCCCCCCCC(=O)O[C@H](CCCCCCCCCCCC(C)C)CC(=O)N[C@@H]1[C@H](OC[C@H]2O[C@@H](OP(=O)(O)O)[C@@H](NC(=O)C[C@H](O)CCCCCCCCCCCC(C)C)[C@@H](OC(=O)C[C@H](O)CCCCCCCCCCCCC)[C@@H]2O)O[C@H](CO)[C@@H](O)[C@@H]1O. The molecule has 2 aliphatic heterocycles. The van der Waals surface area contributed by atoms with E-state index in [1.54, 1.807) is 0 Å². The molecule has 0 spiro atoms. The zero-order chi connectivity index (χ0) is 73.6. The van der Waals surface area contributed by atoms with E-state index in [0.717, 1.165) is 96.3 Å². The van der Waals surface area contributed by atoms with Crippen LogP contribution in [-0.2, 0) is 52.0 Å². The van der Waals surface area contributed by atoms with Crippen LogP contribution in [-0.4, -0.2) is 157 Å². The number of carbonyl (C=O) groups is 4. The minimum atomic E-state index is -5.52. The Morgan fingerprint density at radius 2 is 0.800 bits per heavy atom. The maximum atomic E-state index is 14.2. The highest BCUT2D eigenvalue weighted by Gasteiger charge is 2.52. The van der Waals surface area contributed by atoms with Crippen LogP contribution < -0.4 is 10.6 Å². The van der Waals surface area contributed by atoms with E-state index < -0.39 is 137 Å².